The Morgan fingerprint density at radius 2 is 0.767 bits per heavy atom. The smallest absolute Gasteiger partial charge is 0.326 e. The Hall–Kier alpha value is -3.91. The molecule has 0 aromatic carbocycles. The summed E-state index contributed by atoms with van der Waals surface area (Å²) < 4.78 is 42.5. The van der Waals surface area contributed by atoms with Crippen molar-refractivity contribution in [1.29, 1.82) is 0 Å². The highest BCUT2D eigenvalue weighted by Crippen LogP contribution is 2.14. The summed E-state index contributed by atoms with van der Waals surface area (Å²) in [6.45, 7) is 5.51. The van der Waals surface area contributed by atoms with Gasteiger partial charge >= 0.3 is 11.9 Å². The van der Waals surface area contributed by atoms with E-state index in [1.54, 1.807) is 0 Å². The lowest BCUT2D eigenvalue weighted by Crippen LogP contribution is -2.41. The SMILES string of the molecule is CC(=O)COCCOCCNC(=O)COCCOCCNC(O)COCCOCCNC(=O)COCCOCCNC(=O)CCC(NC(=O)CCCCCCCCCCCCCCCCCCC(=O)O)C(=O)O. The van der Waals surface area contributed by atoms with Crippen LogP contribution in [0.4, 0.5) is 0 Å². The van der Waals surface area contributed by atoms with Crippen LogP contribution in [0.25, 0.3) is 0 Å². The van der Waals surface area contributed by atoms with E-state index in [1.807, 2.05) is 0 Å². The Balaban J connectivity index is 3.58. The molecule has 0 radical (unpaired) electrons. The highest BCUT2D eigenvalue weighted by molar-refractivity contribution is 5.84. The molecule has 0 aliphatic heterocycles. The first-order valence-electron chi connectivity index (χ1n) is 26.5. The van der Waals surface area contributed by atoms with E-state index in [4.69, 9.17) is 43.0 Å². The second-order valence-corrected chi connectivity index (χ2v) is 17.5. The number of nitrogens with one attached hydrogen (secondary N) is 5. The molecule has 0 bridgehead atoms. The molecule has 8 N–H and O–H groups in total. The fourth-order valence-corrected chi connectivity index (χ4v) is 6.79. The molecule has 2 atom stereocenters. The standard InChI is InChI=1S/C50H93N5O18/c1-42(56)38-70-34-30-67-27-23-52-46(59)40-72-36-32-69-29-25-54-48(61)41-73-37-33-68-28-24-53-47(60)39-71-35-31-66-26-22-51-44(57)21-20-43(50(64)65)55-45(58)18-16-14-12-10-8-6-4-2-3-5-7-9-11-13-15-17-19-49(62)63/h43,48,54,61H,2-41H2,1H3,(H,51,57)(H,52,59)(H,53,60)(H,55,58)(H,62,63)(H,64,65). The summed E-state index contributed by atoms with van der Waals surface area (Å²) in [5.74, 6) is -3.24. The average Bonchev–Trinajstić information content (AvgIpc) is 3.35. The molecule has 426 valence electrons. The zero-order valence-electron chi connectivity index (χ0n) is 43.9. The second kappa shape index (κ2) is 52.9. The van der Waals surface area contributed by atoms with Crippen molar-refractivity contribution in [3.05, 3.63) is 0 Å². The number of ether oxygens (including phenoxy) is 8. The van der Waals surface area contributed by atoms with Crippen LogP contribution in [0.15, 0.2) is 0 Å². The van der Waals surface area contributed by atoms with Gasteiger partial charge in [0.1, 0.15) is 32.1 Å². The first-order valence-corrected chi connectivity index (χ1v) is 26.5. The Labute approximate surface area is 433 Å². The summed E-state index contributed by atoms with van der Waals surface area (Å²) in [7, 11) is 0. The summed E-state index contributed by atoms with van der Waals surface area (Å²) in [6.07, 6.45) is 17.3. The fraction of sp³-hybridized carbons (Fsp3) is 0.860. The lowest BCUT2D eigenvalue weighted by Gasteiger charge is -2.14. The van der Waals surface area contributed by atoms with Crippen molar-refractivity contribution >= 4 is 41.4 Å². The number of aliphatic hydroxyl groups excluding tert-OH is 1. The van der Waals surface area contributed by atoms with Gasteiger partial charge in [-0.05, 0) is 26.2 Å². The van der Waals surface area contributed by atoms with E-state index < -0.39 is 24.2 Å². The van der Waals surface area contributed by atoms with E-state index in [2.05, 4.69) is 26.6 Å². The molecule has 23 nitrogen and oxygen atoms in total. The number of unbranched alkanes of at least 4 members (excludes halogenated alkanes) is 15. The number of ketones is 1. The van der Waals surface area contributed by atoms with Crippen LogP contribution in [0.2, 0.25) is 0 Å². The van der Waals surface area contributed by atoms with Gasteiger partial charge < -0.3 is 74.5 Å². The largest absolute Gasteiger partial charge is 0.481 e. The number of carboxylic acid groups (broad SMARTS) is 2. The Kier molecular flexibility index (Phi) is 50.1. The Morgan fingerprint density at radius 3 is 1.19 bits per heavy atom. The van der Waals surface area contributed by atoms with E-state index in [0.29, 0.717) is 45.9 Å². The summed E-state index contributed by atoms with van der Waals surface area (Å²) in [5, 5.41) is 41.6. The lowest BCUT2D eigenvalue weighted by molar-refractivity contribution is -0.142. The highest BCUT2D eigenvalue weighted by Gasteiger charge is 2.21. The molecule has 0 aliphatic rings. The number of Topliss-reactive ketones (excluding diaryl/α,β-unsaturated/α-hetero) is 1. The van der Waals surface area contributed by atoms with Gasteiger partial charge in [0.25, 0.3) is 0 Å². The van der Waals surface area contributed by atoms with Crippen LogP contribution in [0.1, 0.15) is 135 Å². The molecule has 0 spiro atoms. The van der Waals surface area contributed by atoms with E-state index in [9.17, 15) is 43.8 Å². The summed E-state index contributed by atoms with van der Waals surface area (Å²) in [6, 6.07) is -1.15. The Bertz CT molecular complexity index is 1400. The van der Waals surface area contributed by atoms with Gasteiger partial charge in [0.15, 0.2) is 5.78 Å². The third-order valence-corrected chi connectivity index (χ3v) is 10.7. The van der Waals surface area contributed by atoms with E-state index >= 15 is 0 Å². The van der Waals surface area contributed by atoms with Crippen LogP contribution >= 0.6 is 0 Å². The van der Waals surface area contributed by atoms with Crippen molar-refractivity contribution in [1.82, 2.24) is 26.6 Å². The number of carbonyl (C=O) groups is 7. The summed E-state index contributed by atoms with van der Waals surface area (Å²) >= 11 is 0. The predicted octanol–water partition coefficient (Wildman–Crippen LogP) is 2.42. The lowest BCUT2D eigenvalue weighted by atomic mass is 10.0. The van der Waals surface area contributed by atoms with Gasteiger partial charge in [0, 0.05) is 45.4 Å². The maximum Gasteiger partial charge on any atom is 0.326 e. The topological polar surface area (TPSA) is 314 Å². The molecule has 0 aromatic heterocycles. The van der Waals surface area contributed by atoms with Crippen LogP contribution in [-0.4, -0.2) is 201 Å². The number of amides is 4. The van der Waals surface area contributed by atoms with Gasteiger partial charge in [0.05, 0.1) is 85.9 Å². The number of rotatable bonds is 57. The van der Waals surface area contributed by atoms with Crippen LogP contribution < -0.4 is 26.6 Å². The highest BCUT2D eigenvalue weighted by atomic mass is 16.5. The number of hydrogen-bond acceptors (Lipinski definition) is 17. The predicted molar refractivity (Wildman–Crippen MR) is 270 cm³/mol. The van der Waals surface area contributed by atoms with Crippen LogP contribution in [0, 0.1) is 0 Å². The summed E-state index contributed by atoms with van der Waals surface area (Å²) in [4.78, 5) is 81.3. The third kappa shape index (κ3) is 54.2. The first-order chi connectivity index (χ1) is 35.4. The van der Waals surface area contributed by atoms with E-state index in [1.165, 1.54) is 64.7 Å². The molecule has 0 heterocycles. The van der Waals surface area contributed by atoms with Crippen molar-refractivity contribution in [2.75, 3.05) is 132 Å². The minimum Gasteiger partial charge on any atom is -0.481 e. The van der Waals surface area contributed by atoms with Gasteiger partial charge in [0.2, 0.25) is 23.6 Å². The van der Waals surface area contributed by atoms with Crippen LogP contribution in [-0.2, 0) is 71.5 Å². The molecule has 4 amide bonds. The van der Waals surface area contributed by atoms with Crippen LogP contribution in [0.5, 0.6) is 0 Å². The van der Waals surface area contributed by atoms with E-state index in [-0.39, 0.29) is 147 Å². The molecular formula is C50H93N5O18. The van der Waals surface area contributed by atoms with E-state index in [0.717, 1.165) is 38.5 Å². The van der Waals surface area contributed by atoms with Crippen LogP contribution in [0.3, 0.4) is 0 Å². The molecule has 0 fully saturated rings. The average molecular weight is 1050 g/mol. The minimum atomic E-state index is -1.19. The summed E-state index contributed by atoms with van der Waals surface area (Å²) in [5.41, 5.74) is 0. The monoisotopic (exact) mass is 1050 g/mol. The normalized spacial score (nSPS) is 12.0. The van der Waals surface area contributed by atoms with Gasteiger partial charge in [-0.25, -0.2) is 4.79 Å². The van der Waals surface area contributed by atoms with Gasteiger partial charge in [-0.2, -0.15) is 0 Å². The number of aliphatic hydroxyl groups is 1. The maximum absolute atomic E-state index is 12.4. The number of carbonyl (C=O) groups excluding carboxylic acids is 5. The fourth-order valence-electron chi connectivity index (χ4n) is 6.79. The molecule has 0 aromatic rings. The molecule has 0 saturated carbocycles. The van der Waals surface area contributed by atoms with Crippen molar-refractivity contribution in [2.45, 2.75) is 148 Å². The van der Waals surface area contributed by atoms with Gasteiger partial charge in [-0.1, -0.05) is 89.9 Å². The zero-order valence-corrected chi connectivity index (χ0v) is 43.9. The van der Waals surface area contributed by atoms with Crippen molar-refractivity contribution in [2.24, 2.45) is 0 Å². The van der Waals surface area contributed by atoms with Gasteiger partial charge in [-0.15, -0.1) is 0 Å². The zero-order chi connectivity index (χ0) is 53.7. The molecule has 0 aliphatic carbocycles. The molecule has 23 heteroatoms. The number of aliphatic carboxylic acids is 2. The van der Waals surface area contributed by atoms with Gasteiger partial charge in [-0.3, -0.25) is 34.1 Å². The third-order valence-electron chi connectivity index (χ3n) is 10.7. The second-order valence-electron chi connectivity index (χ2n) is 17.5. The first kappa shape index (κ1) is 69.1. The quantitative estimate of drug-likeness (QED) is 0.0320. The number of carboxylic acids is 2. The van der Waals surface area contributed by atoms with Crippen molar-refractivity contribution < 1.29 is 86.8 Å². The van der Waals surface area contributed by atoms with Crippen molar-refractivity contribution in [3.8, 4) is 0 Å². The Morgan fingerprint density at radius 1 is 0.397 bits per heavy atom. The molecular weight excluding hydrogens is 959 g/mol. The number of hydrogen-bond donors (Lipinski definition) is 8. The molecule has 73 heavy (non-hydrogen) atoms. The molecule has 0 saturated heterocycles. The van der Waals surface area contributed by atoms with Crippen molar-refractivity contribution in [3.63, 3.8) is 0 Å². The maximum atomic E-state index is 12.4. The minimum absolute atomic E-state index is 0.0303. The molecule has 0 rings (SSSR count). The molecule has 2 unspecified atom stereocenters.